The Hall–Kier alpha value is -2.91. The molecule has 2 rings (SSSR count). The van der Waals surface area contributed by atoms with Gasteiger partial charge in [-0.1, -0.05) is 94.1 Å². The van der Waals surface area contributed by atoms with Crippen molar-refractivity contribution in [3.8, 4) is 0 Å². The van der Waals surface area contributed by atoms with Crippen molar-refractivity contribution in [1.82, 2.24) is 10.6 Å². The van der Waals surface area contributed by atoms with Gasteiger partial charge >= 0.3 is 0 Å². The minimum absolute atomic E-state index is 0.164. The molecule has 0 aliphatic rings. The maximum Gasteiger partial charge on any atom is 0.0978 e. The molecular formula is C35H55N3. The van der Waals surface area contributed by atoms with Crippen LogP contribution in [-0.4, -0.2) is 26.0 Å². The summed E-state index contributed by atoms with van der Waals surface area (Å²) in [6.07, 6.45) is 7.10. The van der Waals surface area contributed by atoms with Crippen molar-refractivity contribution >= 4 is 11.5 Å². The van der Waals surface area contributed by atoms with Crippen LogP contribution in [0.25, 0.3) is 5.70 Å². The predicted molar refractivity (Wildman–Crippen MR) is 173 cm³/mol. The van der Waals surface area contributed by atoms with Crippen molar-refractivity contribution in [2.75, 3.05) is 14.1 Å². The Morgan fingerprint density at radius 1 is 0.974 bits per heavy atom. The topological polar surface area (TPSA) is 36.4 Å². The Morgan fingerprint density at radius 3 is 2.00 bits per heavy atom. The van der Waals surface area contributed by atoms with Crippen LogP contribution in [0.1, 0.15) is 89.1 Å². The molecule has 1 atom stereocenters. The quantitative estimate of drug-likeness (QED) is 0.208. The van der Waals surface area contributed by atoms with Crippen molar-refractivity contribution in [1.29, 1.82) is 0 Å². The van der Waals surface area contributed by atoms with Gasteiger partial charge in [0.2, 0.25) is 0 Å². The highest BCUT2D eigenvalue weighted by molar-refractivity contribution is 5.88. The number of rotatable bonds is 8. The number of hydrogen-bond donors (Lipinski definition) is 2. The molecule has 3 nitrogen and oxygen atoms in total. The van der Waals surface area contributed by atoms with Gasteiger partial charge in [-0.2, -0.15) is 0 Å². The summed E-state index contributed by atoms with van der Waals surface area (Å²) < 4.78 is 0. The Kier molecular flexibility index (Phi) is 17.0. The fraction of sp³-hybridized carbons (Fsp3) is 0.457. The lowest BCUT2D eigenvalue weighted by molar-refractivity contribution is 0.590. The van der Waals surface area contributed by atoms with Crippen molar-refractivity contribution in [2.24, 2.45) is 4.99 Å². The molecule has 0 heterocycles. The summed E-state index contributed by atoms with van der Waals surface area (Å²) in [5.74, 6) is 0.925. The summed E-state index contributed by atoms with van der Waals surface area (Å²) >= 11 is 0. The molecular weight excluding hydrogens is 462 g/mol. The Labute approximate surface area is 235 Å². The molecule has 0 spiro atoms. The molecule has 2 N–H and O–H groups in total. The second-order valence-electron chi connectivity index (χ2n) is 11.3. The van der Waals surface area contributed by atoms with E-state index in [0.717, 1.165) is 36.4 Å². The van der Waals surface area contributed by atoms with Crippen LogP contribution < -0.4 is 10.6 Å². The molecule has 0 saturated carbocycles. The van der Waals surface area contributed by atoms with Gasteiger partial charge in [-0.25, -0.2) is 0 Å². The van der Waals surface area contributed by atoms with Crippen LogP contribution in [0.2, 0.25) is 0 Å². The Balaban J connectivity index is 0.00000131. The standard InChI is InChI=1S/C27H38N2.C6H10.C2H7N/c1-19-12-13-24(18-20(19)2)11-9-10-21(3)28-23(5)29-22(4)25-14-16-26(17-15-25)27(6,7)8;1-4-5-6(2)3;1-3-2/h12-18,21H,4,9-11H2,1-3,5-8H3,(H,28,29);4-5H,1H2,2-3H3;3H,1-2H3. The van der Waals surface area contributed by atoms with E-state index in [1.807, 2.05) is 40.9 Å². The van der Waals surface area contributed by atoms with Crippen LogP contribution >= 0.6 is 0 Å². The van der Waals surface area contributed by atoms with E-state index in [-0.39, 0.29) is 5.41 Å². The fourth-order valence-electron chi connectivity index (χ4n) is 3.69. The van der Waals surface area contributed by atoms with Gasteiger partial charge in [0.1, 0.15) is 0 Å². The zero-order valence-corrected chi connectivity index (χ0v) is 26.3. The van der Waals surface area contributed by atoms with Gasteiger partial charge in [0.25, 0.3) is 0 Å². The van der Waals surface area contributed by atoms with Crippen molar-refractivity contribution < 1.29 is 0 Å². The Morgan fingerprint density at radius 2 is 1.55 bits per heavy atom. The number of nitrogens with one attached hydrogen (secondary N) is 2. The molecule has 38 heavy (non-hydrogen) atoms. The van der Waals surface area contributed by atoms with E-state index in [0.29, 0.717) is 6.04 Å². The number of benzene rings is 2. The van der Waals surface area contributed by atoms with E-state index in [4.69, 9.17) is 4.99 Å². The maximum absolute atomic E-state index is 4.81. The van der Waals surface area contributed by atoms with E-state index < -0.39 is 0 Å². The molecule has 2 aromatic carbocycles. The highest BCUT2D eigenvalue weighted by Crippen LogP contribution is 2.23. The molecule has 0 amide bonds. The number of hydrogen-bond acceptors (Lipinski definition) is 2. The van der Waals surface area contributed by atoms with Gasteiger partial charge in [-0.05, 0) is 108 Å². The lowest BCUT2D eigenvalue weighted by Gasteiger charge is -2.19. The molecule has 0 fully saturated rings. The van der Waals surface area contributed by atoms with E-state index >= 15 is 0 Å². The summed E-state index contributed by atoms with van der Waals surface area (Å²) in [6, 6.07) is 15.7. The number of aliphatic imine (C=N–C) groups is 1. The third kappa shape index (κ3) is 15.4. The van der Waals surface area contributed by atoms with Crippen LogP contribution in [0, 0.1) is 13.8 Å². The van der Waals surface area contributed by atoms with Crippen molar-refractivity contribution in [2.45, 2.75) is 93.0 Å². The summed E-state index contributed by atoms with van der Waals surface area (Å²) in [7, 11) is 3.75. The normalized spacial score (nSPS) is 11.7. The molecule has 210 valence electrons. The molecule has 0 radical (unpaired) electrons. The molecule has 0 saturated heterocycles. The summed E-state index contributed by atoms with van der Waals surface area (Å²) in [5.41, 5.74) is 8.96. The average Bonchev–Trinajstić information content (AvgIpc) is 2.81. The van der Waals surface area contributed by atoms with Gasteiger partial charge < -0.3 is 10.6 Å². The first-order chi connectivity index (χ1) is 17.7. The first kappa shape index (κ1) is 35.1. The molecule has 0 aliphatic carbocycles. The fourth-order valence-corrected chi connectivity index (χ4v) is 3.69. The lowest BCUT2D eigenvalue weighted by Crippen LogP contribution is -2.20. The minimum Gasteiger partial charge on any atom is -0.344 e. The first-order valence-electron chi connectivity index (χ1n) is 13.8. The zero-order valence-electron chi connectivity index (χ0n) is 26.3. The molecule has 0 bridgehead atoms. The van der Waals surface area contributed by atoms with Crippen LogP contribution in [0.15, 0.2) is 78.3 Å². The van der Waals surface area contributed by atoms with Crippen molar-refractivity contribution in [3.63, 3.8) is 0 Å². The van der Waals surface area contributed by atoms with Gasteiger partial charge in [-0.3, -0.25) is 4.99 Å². The van der Waals surface area contributed by atoms with Crippen LogP contribution in [-0.2, 0) is 11.8 Å². The van der Waals surface area contributed by atoms with Gasteiger partial charge in [0.15, 0.2) is 0 Å². The second-order valence-corrected chi connectivity index (χ2v) is 11.3. The van der Waals surface area contributed by atoms with E-state index in [1.54, 1.807) is 6.08 Å². The molecule has 1 unspecified atom stereocenters. The molecule has 0 aromatic heterocycles. The third-order valence-electron chi connectivity index (χ3n) is 5.96. The Bertz CT molecular complexity index is 1030. The SMILES string of the molecule is C=C(NC(C)=NC(C)CCCc1ccc(C)c(C)c1)c1ccc(C(C)(C)C)cc1.C=CC=C(C)C.CNC. The second kappa shape index (κ2) is 18.4. The largest absolute Gasteiger partial charge is 0.344 e. The van der Waals surface area contributed by atoms with E-state index in [9.17, 15) is 0 Å². The average molecular weight is 518 g/mol. The smallest absolute Gasteiger partial charge is 0.0978 e. The highest BCUT2D eigenvalue weighted by Gasteiger charge is 2.13. The van der Waals surface area contributed by atoms with Crippen LogP contribution in [0.5, 0.6) is 0 Å². The first-order valence-corrected chi connectivity index (χ1v) is 13.8. The van der Waals surface area contributed by atoms with Gasteiger partial charge in [0.05, 0.1) is 5.84 Å². The summed E-state index contributed by atoms with van der Waals surface area (Å²) in [5, 5.41) is 6.11. The predicted octanol–water partition coefficient (Wildman–Crippen LogP) is 8.97. The van der Waals surface area contributed by atoms with Crippen LogP contribution in [0.4, 0.5) is 0 Å². The summed E-state index contributed by atoms with van der Waals surface area (Å²) in [4.78, 5) is 4.81. The van der Waals surface area contributed by atoms with Crippen molar-refractivity contribution in [3.05, 3.63) is 101 Å². The molecule has 3 heteroatoms. The molecule has 0 aliphatic heterocycles. The van der Waals surface area contributed by atoms with Gasteiger partial charge in [-0.15, -0.1) is 0 Å². The molecule has 2 aromatic rings. The minimum atomic E-state index is 0.164. The van der Waals surface area contributed by atoms with Crippen LogP contribution in [0.3, 0.4) is 0 Å². The monoisotopic (exact) mass is 517 g/mol. The number of nitrogens with zero attached hydrogens (tertiary/aromatic N) is 1. The number of aryl methyl sites for hydroxylation is 3. The highest BCUT2D eigenvalue weighted by atomic mass is 15.0. The lowest BCUT2D eigenvalue weighted by atomic mass is 9.86. The summed E-state index contributed by atoms with van der Waals surface area (Å²) in [6.45, 7) is 27.0. The number of allylic oxidation sites excluding steroid dienone is 3. The van der Waals surface area contributed by atoms with E-state index in [1.165, 1.54) is 27.8 Å². The van der Waals surface area contributed by atoms with E-state index in [2.05, 4.69) is 108 Å². The third-order valence-corrected chi connectivity index (χ3v) is 5.96. The zero-order chi connectivity index (χ0) is 29.3. The number of amidine groups is 1. The maximum atomic E-state index is 4.81. The van der Waals surface area contributed by atoms with Gasteiger partial charge in [0, 0.05) is 11.7 Å².